The molecule has 3 aliphatic rings. The van der Waals surface area contributed by atoms with Crippen molar-refractivity contribution in [1.29, 1.82) is 0 Å². The molecule has 0 bridgehead atoms. The number of Topliss-reactive ketones (excluding diaryl/α,β-unsaturated/α-hetero) is 2. The lowest BCUT2D eigenvalue weighted by Crippen LogP contribution is -2.51. The number of nitrogens with zero attached hydrogens (tertiary/aromatic N) is 1. The molecular weight excluding hydrogens is 476 g/mol. The van der Waals surface area contributed by atoms with Gasteiger partial charge in [0.2, 0.25) is 5.91 Å². The van der Waals surface area contributed by atoms with Gasteiger partial charge in [0.25, 0.3) is 0 Å². The summed E-state index contributed by atoms with van der Waals surface area (Å²) in [5.74, 6) is -1.19. The Morgan fingerprint density at radius 3 is 2.64 bits per heavy atom. The minimum absolute atomic E-state index is 0.188. The van der Waals surface area contributed by atoms with Crippen LogP contribution in [-0.2, 0) is 15.0 Å². The van der Waals surface area contributed by atoms with Crippen molar-refractivity contribution in [2.45, 2.75) is 24.4 Å². The summed E-state index contributed by atoms with van der Waals surface area (Å²) < 4.78 is 5.36. The summed E-state index contributed by atoms with van der Waals surface area (Å²) in [6, 6.07) is 18.3. The van der Waals surface area contributed by atoms with Gasteiger partial charge in [0.05, 0.1) is 25.1 Å². The summed E-state index contributed by atoms with van der Waals surface area (Å²) in [6.07, 6.45) is 3.85. The number of amides is 1. The largest absolute Gasteiger partial charge is 0.497 e. The van der Waals surface area contributed by atoms with E-state index >= 15 is 0 Å². The zero-order chi connectivity index (χ0) is 25.2. The second kappa shape index (κ2) is 8.07. The van der Waals surface area contributed by atoms with Crippen LogP contribution in [0.3, 0.4) is 0 Å². The van der Waals surface area contributed by atoms with Crippen LogP contribution < -0.4 is 15.0 Å². The number of rotatable bonds is 4. The lowest BCUT2D eigenvalue weighted by atomic mass is 9.64. The molecule has 0 radical (unpaired) electrons. The molecule has 3 aromatic rings. The Kier molecular flexibility index (Phi) is 5.05. The van der Waals surface area contributed by atoms with E-state index in [2.05, 4.69) is 5.32 Å². The first-order valence-corrected chi connectivity index (χ1v) is 12.1. The maximum atomic E-state index is 14.4. The fourth-order valence-corrected chi connectivity index (χ4v) is 6.44. The first-order valence-electron chi connectivity index (χ1n) is 11.7. The molecule has 7 heteroatoms. The van der Waals surface area contributed by atoms with E-state index in [0.717, 1.165) is 16.8 Å². The molecule has 1 amide bonds. The van der Waals surface area contributed by atoms with E-state index in [1.165, 1.54) is 14.0 Å². The van der Waals surface area contributed by atoms with Gasteiger partial charge in [-0.3, -0.25) is 14.4 Å². The Morgan fingerprint density at radius 1 is 1.06 bits per heavy atom. The summed E-state index contributed by atoms with van der Waals surface area (Å²) in [6.45, 7) is 1.49. The van der Waals surface area contributed by atoms with E-state index in [4.69, 9.17) is 16.3 Å². The molecule has 1 N–H and O–H groups in total. The van der Waals surface area contributed by atoms with Crippen LogP contribution in [0, 0.1) is 5.92 Å². The van der Waals surface area contributed by atoms with Gasteiger partial charge in [-0.2, -0.15) is 0 Å². The number of ether oxygens (including phenoxy) is 1. The third-order valence-electron chi connectivity index (χ3n) is 7.65. The summed E-state index contributed by atoms with van der Waals surface area (Å²) >= 11 is 6.27. The molecular formula is C29H23ClN2O4. The monoisotopic (exact) mass is 498 g/mol. The SMILES string of the molecule is COc1cccc(C(=O)C2C(C(C)=O)N3c4ccc(Cl)cc4C=CC3C23C(=O)Nc2ccccc23)c1. The molecule has 4 atom stereocenters. The first-order chi connectivity index (χ1) is 17.4. The van der Waals surface area contributed by atoms with Crippen LogP contribution in [-0.4, -0.2) is 36.7 Å². The van der Waals surface area contributed by atoms with Crippen LogP contribution in [0.2, 0.25) is 5.02 Å². The van der Waals surface area contributed by atoms with E-state index in [1.54, 1.807) is 30.3 Å². The first kappa shape index (κ1) is 22.6. The highest BCUT2D eigenvalue weighted by atomic mass is 35.5. The molecule has 6 nitrogen and oxygen atoms in total. The topological polar surface area (TPSA) is 75.7 Å². The molecule has 180 valence electrons. The summed E-state index contributed by atoms with van der Waals surface area (Å²) in [5.41, 5.74) is 2.07. The van der Waals surface area contributed by atoms with Crippen molar-refractivity contribution >= 4 is 46.5 Å². The molecule has 0 saturated carbocycles. The van der Waals surface area contributed by atoms with Gasteiger partial charge >= 0.3 is 0 Å². The van der Waals surface area contributed by atoms with E-state index in [-0.39, 0.29) is 17.5 Å². The average Bonchev–Trinajstić information content (AvgIpc) is 3.36. The quantitative estimate of drug-likeness (QED) is 0.517. The molecule has 36 heavy (non-hydrogen) atoms. The average molecular weight is 499 g/mol. The molecule has 3 aliphatic heterocycles. The van der Waals surface area contributed by atoms with Gasteiger partial charge in [-0.25, -0.2) is 0 Å². The summed E-state index contributed by atoms with van der Waals surface area (Å²) in [4.78, 5) is 43.8. The van der Waals surface area contributed by atoms with Gasteiger partial charge in [0.15, 0.2) is 11.6 Å². The van der Waals surface area contributed by atoms with Gasteiger partial charge in [0.1, 0.15) is 11.2 Å². The number of anilines is 2. The number of benzene rings is 3. The number of methoxy groups -OCH3 is 1. The minimum atomic E-state index is -1.30. The molecule has 1 spiro atoms. The number of hydrogen-bond acceptors (Lipinski definition) is 5. The lowest BCUT2D eigenvalue weighted by molar-refractivity contribution is -0.122. The zero-order valence-corrected chi connectivity index (χ0v) is 20.5. The standard InChI is InChI=1S/C29H23ClN2O4/c1-16(33)26-25(27(34)18-6-5-7-20(15-18)36-2)29(21-8-3-4-9-22(21)31-28(29)35)24-13-10-17-14-19(30)11-12-23(17)32(24)26/h3-15,24-26H,1-2H3,(H,31,35). The molecule has 3 aromatic carbocycles. The molecule has 1 saturated heterocycles. The third kappa shape index (κ3) is 2.94. The van der Waals surface area contributed by atoms with Crippen LogP contribution in [0.25, 0.3) is 6.08 Å². The normalized spacial score (nSPS) is 25.2. The van der Waals surface area contributed by atoms with Crippen LogP contribution in [0.4, 0.5) is 11.4 Å². The Balaban J connectivity index is 1.65. The highest BCUT2D eigenvalue weighted by Crippen LogP contribution is 2.57. The van der Waals surface area contributed by atoms with Crippen LogP contribution in [0.15, 0.2) is 72.8 Å². The number of hydrogen-bond donors (Lipinski definition) is 1. The van der Waals surface area contributed by atoms with Crippen molar-refractivity contribution in [2.75, 3.05) is 17.3 Å². The van der Waals surface area contributed by atoms with Crippen molar-refractivity contribution in [3.05, 3.63) is 94.5 Å². The van der Waals surface area contributed by atoms with E-state index in [1.807, 2.05) is 53.5 Å². The van der Waals surface area contributed by atoms with Gasteiger partial charge < -0.3 is 15.0 Å². The van der Waals surface area contributed by atoms with Crippen LogP contribution >= 0.6 is 11.6 Å². The lowest BCUT2D eigenvalue weighted by Gasteiger charge is -2.37. The smallest absolute Gasteiger partial charge is 0.238 e. The Hall–Kier alpha value is -3.90. The third-order valence-corrected chi connectivity index (χ3v) is 7.88. The van der Waals surface area contributed by atoms with Gasteiger partial charge in [-0.1, -0.05) is 54.1 Å². The predicted molar refractivity (Wildman–Crippen MR) is 139 cm³/mol. The van der Waals surface area contributed by atoms with E-state index in [9.17, 15) is 14.4 Å². The second-order valence-corrected chi connectivity index (χ2v) is 9.85. The van der Waals surface area contributed by atoms with E-state index < -0.39 is 23.4 Å². The van der Waals surface area contributed by atoms with E-state index in [0.29, 0.717) is 22.0 Å². The van der Waals surface area contributed by atoms with Gasteiger partial charge in [0, 0.05) is 22.0 Å². The van der Waals surface area contributed by atoms with Crippen LogP contribution in [0.1, 0.15) is 28.4 Å². The van der Waals surface area contributed by atoms with Crippen molar-refractivity contribution < 1.29 is 19.1 Å². The van der Waals surface area contributed by atoms with Crippen molar-refractivity contribution in [2.24, 2.45) is 5.92 Å². The molecule has 6 rings (SSSR count). The Bertz CT molecular complexity index is 1480. The van der Waals surface area contributed by atoms with Crippen molar-refractivity contribution in [3.63, 3.8) is 0 Å². The summed E-state index contributed by atoms with van der Waals surface area (Å²) in [7, 11) is 1.53. The Morgan fingerprint density at radius 2 is 1.86 bits per heavy atom. The summed E-state index contributed by atoms with van der Waals surface area (Å²) in [5, 5.41) is 3.57. The highest BCUT2D eigenvalue weighted by molar-refractivity contribution is 6.31. The molecule has 0 aliphatic carbocycles. The minimum Gasteiger partial charge on any atom is -0.497 e. The number of ketones is 2. The molecule has 4 unspecified atom stereocenters. The Labute approximate surface area is 213 Å². The van der Waals surface area contributed by atoms with Gasteiger partial charge in [-0.05, 0) is 54.4 Å². The number of nitrogens with one attached hydrogen (secondary N) is 1. The predicted octanol–water partition coefficient (Wildman–Crippen LogP) is 4.91. The second-order valence-electron chi connectivity index (χ2n) is 9.41. The van der Waals surface area contributed by atoms with Gasteiger partial charge in [-0.15, -0.1) is 0 Å². The number of para-hydroxylation sites is 1. The van der Waals surface area contributed by atoms with Crippen molar-refractivity contribution in [3.8, 4) is 5.75 Å². The fourth-order valence-electron chi connectivity index (χ4n) is 6.26. The molecule has 1 fully saturated rings. The molecule has 3 heterocycles. The van der Waals surface area contributed by atoms with Crippen LogP contribution in [0.5, 0.6) is 5.75 Å². The molecule has 0 aromatic heterocycles. The number of carbonyl (C=O) groups excluding carboxylic acids is 3. The highest BCUT2D eigenvalue weighted by Gasteiger charge is 2.69. The maximum absolute atomic E-state index is 14.4. The zero-order valence-electron chi connectivity index (χ0n) is 19.7. The fraction of sp³-hybridized carbons (Fsp3) is 0.207. The number of carbonyl (C=O) groups is 3. The maximum Gasteiger partial charge on any atom is 0.238 e. The van der Waals surface area contributed by atoms with Crippen molar-refractivity contribution in [1.82, 2.24) is 0 Å². The number of fused-ring (bicyclic) bond motifs is 6. The number of halogens is 1.